The number of aryl methyl sites for hydroxylation is 1. The number of carbonyl (C=O) groups is 1. The van der Waals surface area contributed by atoms with Crippen molar-refractivity contribution in [2.75, 3.05) is 26.0 Å². The summed E-state index contributed by atoms with van der Waals surface area (Å²) in [5, 5.41) is 12.3. The lowest BCUT2D eigenvalue weighted by atomic mass is 10.0. The molecule has 5 heteroatoms. The van der Waals surface area contributed by atoms with Gasteiger partial charge in [-0.15, -0.1) is 0 Å². The van der Waals surface area contributed by atoms with Crippen LogP contribution in [0.5, 0.6) is 0 Å². The fourth-order valence-corrected chi connectivity index (χ4v) is 2.08. The van der Waals surface area contributed by atoms with E-state index in [4.69, 9.17) is 5.11 Å². The van der Waals surface area contributed by atoms with Crippen molar-refractivity contribution in [3.63, 3.8) is 0 Å². The molecular formula is C14H23N3O2. The van der Waals surface area contributed by atoms with Gasteiger partial charge in [-0.1, -0.05) is 13.8 Å². The minimum absolute atomic E-state index is 0.215. The van der Waals surface area contributed by atoms with Crippen molar-refractivity contribution >= 4 is 11.8 Å². The van der Waals surface area contributed by atoms with Gasteiger partial charge in [-0.05, 0) is 39.1 Å². The third kappa shape index (κ3) is 4.21. The highest BCUT2D eigenvalue weighted by atomic mass is 16.4. The van der Waals surface area contributed by atoms with Crippen LogP contribution in [0.2, 0.25) is 0 Å². The molecule has 0 spiro atoms. The maximum absolute atomic E-state index is 11.2. The molecule has 0 amide bonds. The molecule has 2 N–H and O–H groups in total. The third-order valence-electron chi connectivity index (χ3n) is 3.18. The number of carboxylic acids is 1. The topological polar surface area (TPSA) is 65.5 Å². The summed E-state index contributed by atoms with van der Waals surface area (Å²) in [6, 6.07) is 3.62. The van der Waals surface area contributed by atoms with Gasteiger partial charge in [-0.25, -0.2) is 9.78 Å². The van der Waals surface area contributed by atoms with Crippen molar-refractivity contribution in [2.24, 2.45) is 5.92 Å². The van der Waals surface area contributed by atoms with Gasteiger partial charge >= 0.3 is 5.97 Å². The Labute approximate surface area is 114 Å². The molecule has 1 aromatic heterocycles. The zero-order chi connectivity index (χ0) is 14.6. The predicted molar refractivity (Wildman–Crippen MR) is 76.7 cm³/mol. The highest BCUT2D eigenvalue weighted by molar-refractivity contribution is 5.93. The van der Waals surface area contributed by atoms with Gasteiger partial charge in [0.2, 0.25) is 0 Å². The van der Waals surface area contributed by atoms with Gasteiger partial charge < -0.3 is 15.3 Å². The van der Waals surface area contributed by atoms with Crippen LogP contribution in [0.3, 0.4) is 0 Å². The van der Waals surface area contributed by atoms with Crippen molar-refractivity contribution in [2.45, 2.75) is 26.8 Å². The fraction of sp³-hybridized carbons (Fsp3) is 0.571. The molecule has 1 unspecified atom stereocenters. The monoisotopic (exact) mass is 265 g/mol. The van der Waals surface area contributed by atoms with Crippen molar-refractivity contribution in [3.8, 4) is 0 Å². The Morgan fingerprint density at radius 1 is 1.42 bits per heavy atom. The highest BCUT2D eigenvalue weighted by Gasteiger charge is 2.17. The lowest BCUT2D eigenvalue weighted by Gasteiger charge is -2.28. The predicted octanol–water partition coefficient (Wildman–Crippen LogP) is 2.09. The van der Waals surface area contributed by atoms with Gasteiger partial charge in [0.15, 0.2) is 0 Å². The summed E-state index contributed by atoms with van der Waals surface area (Å²) < 4.78 is 0. The number of nitrogens with one attached hydrogen (secondary N) is 1. The van der Waals surface area contributed by atoms with Crippen LogP contribution < -0.4 is 5.32 Å². The molecule has 1 aromatic rings. The van der Waals surface area contributed by atoms with Gasteiger partial charge in [0, 0.05) is 18.3 Å². The number of hydrogen-bond donors (Lipinski definition) is 2. The Balaban J connectivity index is 2.87. The molecule has 1 heterocycles. The van der Waals surface area contributed by atoms with E-state index in [9.17, 15) is 4.79 Å². The molecule has 0 aliphatic rings. The number of likely N-dealkylation sites (N-methyl/N-ethyl adjacent to an activating group) is 1. The van der Waals surface area contributed by atoms with Crippen molar-refractivity contribution in [3.05, 3.63) is 23.4 Å². The van der Waals surface area contributed by atoms with E-state index in [2.05, 4.69) is 29.0 Å². The van der Waals surface area contributed by atoms with Crippen molar-refractivity contribution < 1.29 is 9.90 Å². The molecular weight excluding hydrogens is 242 g/mol. The second-order valence-corrected chi connectivity index (χ2v) is 5.31. The van der Waals surface area contributed by atoms with E-state index in [0.29, 0.717) is 24.3 Å². The molecule has 0 radical (unpaired) electrons. The maximum atomic E-state index is 11.2. The van der Waals surface area contributed by atoms with E-state index in [1.807, 2.05) is 21.0 Å². The van der Waals surface area contributed by atoms with Gasteiger partial charge in [0.1, 0.15) is 11.4 Å². The molecule has 0 fully saturated rings. The molecule has 1 rings (SSSR count). The molecule has 5 nitrogen and oxygen atoms in total. The number of aromatic carboxylic acids is 1. The molecule has 0 aliphatic carbocycles. The largest absolute Gasteiger partial charge is 0.478 e. The Bertz CT molecular complexity index is 436. The highest BCUT2D eigenvalue weighted by Crippen LogP contribution is 2.15. The molecule has 0 saturated heterocycles. The number of nitrogens with zero attached hydrogens (tertiary/aromatic N) is 2. The van der Waals surface area contributed by atoms with E-state index in [1.165, 1.54) is 0 Å². The van der Waals surface area contributed by atoms with Crippen LogP contribution in [0, 0.1) is 12.8 Å². The number of hydrogen-bond acceptors (Lipinski definition) is 4. The summed E-state index contributed by atoms with van der Waals surface area (Å²) >= 11 is 0. The Kier molecular flexibility index (Phi) is 5.30. The summed E-state index contributed by atoms with van der Waals surface area (Å²) in [6.45, 7) is 6.81. The first-order valence-corrected chi connectivity index (χ1v) is 6.44. The zero-order valence-electron chi connectivity index (χ0n) is 12.3. The second-order valence-electron chi connectivity index (χ2n) is 5.31. The van der Waals surface area contributed by atoms with Crippen LogP contribution >= 0.6 is 0 Å². The lowest BCUT2D eigenvalue weighted by Crippen LogP contribution is -2.39. The van der Waals surface area contributed by atoms with Crippen LogP contribution in [0.4, 0.5) is 5.82 Å². The minimum Gasteiger partial charge on any atom is -0.478 e. The van der Waals surface area contributed by atoms with Crippen LogP contribution in [0.15, 0.2) is 12.1 Å². The lowest BCUT2D eigenvalue weighted by molar-refractivity contribution is 0.0697. The van der Waals surface area contributed by atoms with Gasteiger partial charge in [0.05, 0.1) is 0 Å². The number of aromatic nitrogens is 1. The smallest absolute Gasteiger partial charge is 0.339 e. The zero-order valence-corrected chi connectivity index (χ0v) is 12.3. The summed E-state index contributed by atoms with van der Waals surface area (Å²) in [5.41, 5.74) is 1.02. The summed E-state index contributed by atoms with van der Waals surface area (Å²) in [5.74, 6) is -0.0402. The standard InChI is InChI=1S/C14H23N3O2/c1-9(2)12(17(4)5)8-15-13-11(14(18)19)7-6-10(3)16-13/h6-7,9,12H,8H2,1-5H3,(H,15,16)(H,18,19). The van der Waals surface area contributed by atoms with Crippen molar-refractivity contribution in [1.82, 2.24) is 9.88 Å². The normalized spacial score (nSPS) is 12.8. The average Bonchev–Trinajstić information content (AvgIpc) is 2.27. The Hall–Kier alpha value is -1.62. The van der Waals surface area contributed by atoms with E-state index in [-0.39, 0.29) is 5.56 Å². The minimum atomic E-state index is -0.957. The number of anilines is 1. The number of rotatable bonds is 6. The molecule has 0 aliphatic heterocycles. The van der Waals surface area contributed by atoms with Crippen molar-refractivity contribution in [1.29, 1.82) is 0 Å². The molecule has 106 valence electrons. The van der Waals surface area contributed by atoms with Gasteiger partial charge in [0.25, 0.3) is 0 Å². The molecule has 0 bridgehead atoms. The summed E-state index contributed by atoms with van der Waals surface area (Å²) in [7, 11) is 4.04. The first-order valence-electron chi connectivity index (χ1n) is 6.44. The van der Waals surface area contributed by atoms with Crippen LogP contribution in [0.25, 0.3) is 0 Å². The third-order valence-corrected chi connectivity index (χ3v) is 3.18. The number of pyridine rings is 1. The van der Waals surface area contributed by atoms with Crippen LogP contribution in [0.1, 0.15) is 29.9 Å². The molecule has 0 saturated carbocycles. The SMILES string of the molecule is Cc1ccc(C(=O)O)c(NCC(C(C)C)N(C)C)n1. The second kappa shape index (κ2) is 6.52. The van der Waals surface area contributed by atoms with E-state index in [1.54, 1.807) is 12.1 Å². The fourth-order valence-electron chi connectivity index (χ4n) is 2.08. The first-order chi connectivity index (χ1) is 8.82. The number of carboxylic acid groups (broad SMARTS) is 1. The molecule has 0 aromatic carbocycles. The summed E-state index contributed by atoms with van der Waals surface area (Å²) in [4.78, 5) is 17.6. The average molecular weight is 265 g/mol. The van der Waals surface area contributed by atoms with E-state index in [0.717, 1.165) is 5.69 Å². The summed E-state index contributed by atoms with van der Waals surface area (Å²) in [6.07, 6.45) is 0. The maximum Gasteiger partial charge on any atom is 0.339 e. The quantitative estimate of drug-likeness (QED) is 0.824. The van der Waals surface area contributed by atoms with Crippen LogP contribution in [-0.4, -0.2) is 47.6 Å². The Morgan fingerprint density at radius 3 is 2.53 bits per heavy atom. The van der Waals surface area contributed by atoms with Crippen LogP contribution in [-0.2, 0) is 0 Å². The van der Waals surface area contributed by atoms with Gasteiger partial charge in [-0.3, -0.25) is 0 Å². The Morgan fingerprint density at radius 2 is 2.05 bits per heavy atom. The van der Waals surface area contributed by atoms with E-state index < -0.39 is 5.97 Å². The van der Waals surface area contributed by atoms with Gasteiger partial charge in [-0.2, -0.15) is 0 Å². The molecule has 1 atom stereocenters. The van der Waals surface area contributed by atoms with E-state index >= 15 is 0 Å². The first kappa shape index (κ1) is 15.4. The molecule has 19 heavy (non-hydrogen) atoms.